The zero-order valence-electron chi connectivity index (χ0n) is 12.3. The average molecular weight is 391 g/mol. The van der Waals surface area contributed by atoms with Crippen LogP contribution in [-0.2, 0) is 14.8 Å². The minimum absolute atomic E-state index is 0.191. The van der Waals surface area contributed by atoms with Crippen molar-refractivity contribution in [3.63, 3.8) is 0 Å². The third kappa shape index (κ3) is 3.61. The summed E-state index contributed by atoms with van der Waals surface area (Å²) in [4.78, 5) is 11.4. The van der Waals surface area contributed by atoms with Gasteiger partial charge in [0.05, 0.1) is 16.0 Å². The molecule has 0 spiro atoms. The highest BCUT2D eigenvalue weighted by Crippen LogP contribution is 2.30. The Kier molecular flexibility index (Phi) is 5.46. The van der Waals surface area contributed by atoms with Crippen LogP contribution in [0.2, 0.25) is 0 Å². The Balaban J connectivity index is 2.21. The van der Waals surface area contributed by atoms with Crippen LogP contribution in [0.3, 0.4) is 0 Å². The van der Waals surface area contributed by atoms with E-state index in [0.717, 1.165) is 0 Å². The van der Waals surface area contributed by atoms with Gasteiger partial charge in [-0.05, 0) is 47.8 Å². The van der Waals surface area contributed by atoms with Gasteiger partial charge in [-0.25, -0.2) is 8.42 Å². The molecule has 0 radical (unpaired) electrons. The second-order valence-electron chi connectivity index (χ2n) is 5.11. The third-order valence-electron chi connectivity index (χ3n) is 3.70. The molecule has 0 unspecified atom stereocenters. The Morgan fingerprint density at radius 1 is 1.41 bits per heavy atom. The summed E-state index contributed by atoms with van der Waals surface area (Å²) in [6.07, 6.45) is 0.923. The molecule has 1 aromatic carbocycles. The van der Waals surface area contributed by atoms with Crippen molar-refractivity contribution < 1.29 is 17.9 Å². The molecule has 6 nitrogen and oxygen atoms in total. The van der Waals surface area contributed by atoms with Crippen molar-refractivity contribution in [1.29, 1.82) is 0 Å². The molecule has 1 amide bonds. The molecule has 0 bridgehead atoms. The van der Waals surface area contributed by atoms with Gasteiger partial charge in [-0.1, -0.05) is 0 Å². The SMILES string of the molecule is CCOc1cc(S(=O)(=O)N2CCC(C(N)=O)CC2)ccc1Br. The predicted octanol–water partition coefficient (Wildman–Crippen LogP) is 1.73. The number of hydrogen-bond acceptors (Lipinski definition) is 4. The van der Waals surface area contributed by atoms with Gasteiger partial charge >= 0.3 is 0 Å². The van der Waals surface area contributed by atoms with Gasteiger partial charge in [0.15, 0.2) is 0 Å². The van der Waals surface area contributed by atoms with E-state index >= 15 is 0 Å². The highest BCUT2D eigenvalue weighted by molar-refractivity contribution is 9.10. The highest BCUT2D eigenvalue weighted by Gasteiger charge is 2.31. The van der Waals surface area contributed by atoms with E-state index in [4.69, 9.17) is 10.5 Å². The van der Waals surface area contributed by atoms with E-state index in [1.807, 2.05) is 6.92 Å². The van der Waals surface area contributed by atoms with Gasteiger partial charge < -0.3 is 10.5 Å². The van der Waals surface area contributed by atoms with Crippen LogP contribution in [-0.4, -0.2) is 38.3 Å². The molecule has 1 aromatic rings. The first-order valence-corrected chi connectivity index (χ1v) is 9.31. The van der Waals surface area contributed by atoms with Crippen LogP contribution in [0, 0.1) is 5.92 Å². The lowest BCUT2D eigenvalue weighted by atomic mass is 9.98. The summed E-state index contributed by atoms with van der Waals surface area (Å²) >= 11 is 3.33. The molecule has 2 rings (SSSR count). The summed E-state index contributed by atoms with van der Waals surface area (Å²) in [5.41, 5.74) is 5.27. The first kappa shape index (κ1) is 17.2. The molecule has 1 heterocycles. The summed E-state index contributed by atoms with van der Waals surface area (Å²) in [6.45, 7) is 2.89. The molecule has 0 atom stereocenters. The number of hydrogen-bond donors (Lipinski definition) is 1. The molecular weight excluding hydrogens is 372 g/mol. The van der Waals surface area contributed by atoms with Crippen LogP contribution in [0.4, 0.5) is 0 Å². The second-order valence-corrected chi connectivity index (χ2v) is 7.90. The van der Waals surface area contributed by atoms with E-state index in [0.29, 0.717) is 42.8 Å². The Labute approximate surface area is 138 Å². The fourth-order valence-corrected chi connectivity index (χ4v) is 4.29. The van der Waals surface area contributed by atoms with Crippen LogP contribution in [0.1, 0.15) is 19.8 Å². The summed E-state index contributed by atoms with van der Waals surface area (Å²) in [7, 11) is -3.59. The third-order valence-corrected chi connectivity index (χ3v) is 6.25. The van der Waals surface area contributed by atoms with E-state index < -0.39 is 10.0 Å². The summed E-state index contributed by atoms with van der Waals surface area (Å²) < 4.78 is 32.9. The number of rotatable bonds is 5. The molecule has 1 aliphatic heterocycles. The van der Waals surface area contributed by atoms with Crippen LogP contribution in [0.25, 0.3) is 0 Å². The molecule has 0 saturated carbocycles. The normalized spacial score (nSPS) is 17.4. The number of primary amides is 1. The Morgan fingerprint density at radius 3 is 2.59 bits per heavy atom. The topological polar surface area (TPSA) is 89.7 Å². The molecule has 122 valence electrons. The van der Waals surface area contributed by atoms with Gasteiger partial charge in [-0.3, -0.25) is 4.79 Å². The van der Waals surface area contributed by atoms with E-state index in [2.05, 4.69) is 15.9 Å². The lowest BCUT2D eigenvalue weighted by molar-refractivity contribution is -0.122. The lowest BCUT2D eigenvalue weighted by Gasteiger charge is -2.29. The van der Waals surface area contributed by atoms with Crippen LogP contribution in [0.15, 0.2) is 27.6 Å². The van der Waals surface area contributed by atoms with E-state index in [1.165, 1.54) is 10.4 Å². The number of benzene rings is 1. The first-order valence-electron chi connectivity index (χ1n) is 7.08. The fraction of sp³-hybridized carbons (Fsp3) is 0.500. The Hall–Kier alpha value is -1.12. The van der Waals surface area contributed by atoms with E-state index in [-0.39, 0.29) is 16.7 Å². The Bertz CT molecular complexity index is 655. The molecule has 0 aliphatic carbocycles. The number of nitrogens with zero attached hydrogens (tertiary/aromatic N) is 1. The predicted molar refractivity (Wildman–Crippen MR) is 86.0 cm³/mol. The largest absolute Gasteiger partial charge is 0.493 e. The van der Waals surface area contributed by atoms with Gasteiger partial charge in [0.1, 0.15) is 5.75 Å². The molecule has 2 N–H and O–H groups in total. The number of halogens is 1. The van der Waals surface area contributed by atoms with Crippen molar-refractivity contribution in [2.45, 2.75) is 24.7 Å². The van der Waals surface area contributed by atoms with Crippen molar-refractivity contribution in [2.75, 3.05) is 19.7 Å². The van der Waals surface area contributed by atoms with Crippen molar-refractivity contribution >= 4 is 31.9 Å². The fourth-order valence-electron chi connectivity index (χ4n) is 2.44. The van der Waals surface area contributed by atoms with E-state index in [1.54, 1.807) is 12.1 Å². The maximum Gasteiger partial charge on any atom is 0.243 e. The molecular formula is C14H19BrN2O4S. The number of nitrogens with two attached hydrogens (primary N) is 1. The minimum atomic E-state index is -3.59. The number of ether oxygens (including phenoxy) is 1. The van der Waals surface area contributed by atoms with Gasteiger partial charge in [-0.15, -0.1) is 0 Å². The molecule has 1 aliphatic rings. The molecule has 0 aromatic heterocycles. The Morgan fingerprint density at radius 2 is 2.05 bits per heavy atom. The number of carbonyl (C=O) groups excluding carboxylic acids is 1. The average Bonchev–Trinajstić information content (AvgIpc) is 2.49. The molecule has 8 heteroatoms. The maximum absolute atomic E-state index is 12.7. The zero-order chi connectivity index (χ0) is 16.3. The number of carbonyl (C=O) groups is 1. The standard InChI is InChI=1S/C14H19BrN2O4S/c1-2-21-13-9-11(3-4-12(13)15)22(19,20)17-7-5-10(6-8-17)14(16)18/h3-4,9-10H,2,5-8H2,1H3,(H2,16,18). The van der Waals surface area contributed by atoms with Crippen molar-refractivity contribution in [3.8, 4) is 5.75 Å². The lowest BCUT2D eigenvalue weighted by Crippen LogP contribution is -2.41. The number of amides is 1. The van der Waals surface area contributed by atoms with E-state index in [9.17, 15) is 13.2 Å². The smallest absolute Gasteiger partial charge is 0.243 e. The highest BCUT2D eigenvalue weighted by atomic mass is 79.9. The first-order chi connectivity index (χ1) is 10.4. The molecule has 1 saturated heterocycles. The second kappa shape index (κ2) is 6.97. The molecule has 1 fully saturated rings. The van der Waals surface area contributed by atoms with Gasteiger partial charge in [0, 0.05) is 25.1 Å². The maximum atomic E-state index is 12.7. The van der Waals surface area contributed by atoms with Gasteiger partial charge in [-0.2, -0.15) is 4.31 Å². The quantitative estimate of drug-likeness (QED) is 0.828. The molecule has 22 heavy (non-hydrogen) atoms. The number of piperidine rings is 1. The summed E-state index contributed by atoms with van der Waals surface area (Å²) in [6, 6.07) is 4.72. The van der Waals surface area contributed by atoms with Crippen molar-refractivity contribution in [1.82, 2.24) is 4.31 Å². The van der Waals surface area contributed by atoms with Crippen LogP contribution < -0.4 is 10.5 Å². The van der Waals surface area contributed by atoms with Crippen molar-refractivity contribution in [2.24, 2.45) is 11.7 Å². The van der Waals surface area contributed by atoms with Gasteiger partial charge in [0.25, 0.3) is 0 Å². The van der Waals surface area contributed by atoms with Gasteiger partial charge in [0.2, 0.25) is 15.9 Å². The monoisotopic (exact) mass is 390 g/mol. The zero-order valence-corrected chi connectivity index (χ0v) is 14.7. The summed E-state index contributed by atoms with van der Waals surface area (Å²) in [5, 5.41) is 0. The van der Waals surface area contributed by atoms with Crippen LogP contribution in [0.5, 0.6) is 5.75 Å². The van der Waals surface area contributed by atoms with Crippen LogP contribution >= 0.6 is 15.9 Å². The number of sulfonamides is 1. The summed E-state index contributed by atoms with van der Waals surface area (Å²) in [5.74, 6) is -0.106. The van der Waals surface area contributed by atoms with Crippen molar-refractivity contribution in [3.05, 3.63) is 22.7 Å². The minimum Gasteiger partial charge on any atom is -0.493 e.